The molecule has 0 saturated carbocycles. The number of para-hydroxylation sites is 1. The highest BCUT2D eigenvalue weighted by Crippen LogP contribution is 2.45. The molecule has 0 aliphatic carbocycles. The van der Waals surface area contributed by atoms with E-state index in [4.69, 9.17) is 4.52 Å². The zero-order chi connectivity index (χ0) is 21.1. The van der Waals surface area contributed by atoms with Crippen LogP contribution in [0.1, 0.15) is 66.5 Å². The van der Waals surface area contributed by atoms with Gasteiger partial charge in [0.2, 0.25) is 0 Å². The summed E-state index contributed by atoms with van der Waals surface area (Å²) in [5, 5.41) is 0.828. The molecule has 1 atom stereocenters. The second-order valence-electron chi connectivity index (χ2n) is 9.24. The molecule has 1 N–H and O–H groups in total. The summed E-state index contributed by atoms with van der Waals surface area (Å²) in [7, 11) is -1.74. The average molecular weight is 402 g/mol. The molecule has 0 aliphatic heterocycles. The van der Waals surface area contributed by atoms with Crippen molar-refractivity contribution in [2.45, 2.75) is 66.2 Å². The first kappa shape index (κ1) is 22.7. The quantitative estimate of drug-likeness (QED) is 0.591. The summed E-state index contributed by atoms with van der Waals surface area (Å²) < 4.78 is 6.28. The van der Waals surface area contributed by atoms with Crippen molar-refractivity contribution in [2.24, 2.45) is 0 Å². The van der Waals surface area contributed by atoms with Crippen LogP contribution in [-0.4, -0.2) is 18.0 Å². The Bertz CT molecular complexity index is 736. The third-order valence-corrected chi connectivity index (χ3v) is 6.10. The van der Waals surface area contributed by atoms with Crippen LogP contribution < -0.4 is 14.7 Å². The van der Waals surface area contributed by atoms with Crippen LogP contribution in [0, 0.1) is 0 Å². The van der Waals surface area contributed by atoms with Gasteiger partial charge in [0.05, 0.1) is 0 Å². The summed E-state index contributed by atoms with van der Waals surface area (Å²) in [6, 6.07) is 14.4. The monoisotopic (exact) mass is 401 g/mol. The molecule has 2 aromatic carbocycles. The molecule has 0 bridgehead atoms. The molecule has 28 heavy (non-hydrogen) atoms. The van der Waals surface area contributed by atoms with Crippen LogP contribution in [0.4, 0.5) is 5.69 Å². The van der Waals surface area contributed by atoms with Crippen LogP contribution in [0.5, 0.6) is 5.75 Å². The Morgan fingerprint density at radius 3 is 1.68 bits per heavy atom. The number of rotatable bonds is 6. The molecule has 154 valence electrons. The van der Waals surface area contributed by atoms with Crippen molar-refractivity contribution < 1.29 is 9.42 Å². The summed E-state index contributed by atoms with van der Waals surface area (Å²) >= 11 is 0. The molecule has 2 rings (SSSR count). The fourth-order valence-corrected chi connectivity index (χ4v) is 4.21. The highest BCUT2D eigenvalue weighted by molar-refractivity contribution is 7.55. The van der Waals surface area contributed by atoms with Crippen molar-refractivity contribution in [3.63, 3.8) is 0 Å². The SMILES string of the molecule is CCN(CC)c1ccc(P(O)Oc2c(C(C)(C)C)cccc2C(C)(C)C)cc1. The van der Waals surface area contributed by atoms with Crippen molar-refractivity contribution in [3.05, 3.63) is 53.6 Å². The Hall–Kier alpha value is -1.57. The van der Waals surface area contributed by atoms with Gasteiger partial charge in [0.1, 0.15) is 5.75 Å². The largest absolute Gasteiger partial charge is 0.443 e. The molecule has 1 unspecified atom stereocenters. The molecule has 0 heterocycles. The molecule has 0 amide bonds. The lowest BCUT2D eigenvalue weighted by Crippen LogP contribution is -2.22. The van der Waals surface area contributed by atoms with E-state index in [1.54, 1.807) is 0 Å². The highest BCUT2D eigenvalue weighted by Gasteiger charge is 2.28. The molecule has 2 aromatic rings. The van der Waals surface area contributed by atoms with Crippen molar-refractivity contribution in [2.75, 3.05) is 18.0 Å². The standard InChI is InChI=1S/C24H36NO2P/c1-9-25(10-2)18-14-16-19(17-15-18)28(26)27-22-20(23(3,4)5)12-11-13-21(22)24(6,7)8/h11-17,26H,9-10H2,1-8H3. The van der Waals surface area contributed by atoms with Gasteiger partial charge in [0, 0.05) is 35.2 Å². The molecular weight excluding hydrogens is 365 g/mol. The maximum atomic E-state index is 10.9. The van der Waals surface area contributed by atoms with Gasteiger partial charge in [0.15, 0.2) is 0 Å². The van der Waals surface area contributed by atoms with Crippen LogP contribution in [0.25, 0.3) is 0 Å². The fraction of sp³-hybridized carbons (Fsp3) is 0.500. The van der Waals surface area contributed by atoms with Gasteiger partial charge < -0.3 is 14.3 Å². The van der Waals surface area contributed by atoms with Crippen LogP contribution >= 0.6 is 8.38 Å². The van der Waals surface area contributed by atoms with E-state index in [0.717, 1.165) is 35.3 Å². The maximum Gasteiger partial charge on any atom is 0.262 e. The predicted octanol–water partition coefficient (Wildman–Crippen LogP) is 6.14. The number of hydrogen-bond donors (Lipinski definition) is 1. The van der Waals surface area contributed by atoms with Crippen molar-refractivity contribution in [1.29, 1.82) is 0 Å². The topological polar surface area (TPSA) is 32.7 Å². The Morgan fingerprint density at radius 2 is 1.29 bits per heavy atom. The summed E-state index contributed by atoms with van der Waals surface area (Å²) in [6.45, 7) is 19.3. The average Bonchev–Trinajstić information content (AvgIpc) is 2.61. The molecule has 0 aromatic heterocycles. The zero-order valence-electron chi connectivity index (χ0n) is 18.7. The van der Waals surface area contributed by atoms with Crippen LogP contribution in [0.2, 0.25) is 0 Å². The van der Waals surface area contributed by atoms with E-state index in [9.17, 15) is 4.89 Å². The summed E-state index contributed by atoms with van der Waals surface area (Å²) in [5.74, 6) is 0.823. The summed E-state index contributed by atoms with van der Waals surface area (Å²) in [4.78, 5) is 13.2. The number of benzene rings is 2. The number of nitrogens with zero attached hydrogens (tertiary/aromatic N) is 1. The molecule has 0 aliphatic rings. The Kier molecular flexibility index (Phi) is 7.17. The third kappa shape index (κ3) is 5.27. The van der Waals surface area contributed by atoms with E-state index in [0.29, 0.717) is 0 Å². The minimum Gasteiger partial charge on any atom is -0.443 e. The number of hydrogen-bond acceptors (Lipinski definition) is 3. The smallest absolute Gasteiger partial charge is 0.262 e. The van der Waals surface area contributed by atoms with Gasteiger partial charge in [0.25, 0.3) is 8.38 Å². The Labute approximate surface area is 172 Å². The molecular formula is C24H36NO2P. The lowest BCUT2D eigenvalue weighted by atomic mass is 9.80. The third-order valence-electron chi connectivity index (χ3n) is 5.01. The minimum atomic E-state index is -1.74. The number of anilines is 1. The molecule has 0 fully saturated rings. The van der Waals surface area contributed by atoms with Crippen molar-refractivity contribution in [1.82, 2.24) is 0 Å². The first-order valence-electron chi connectivity index (χ1n) is 10.1. The van der Waals surface area contributed by atoms with Gasteiger partial charge in [-0.25, -0.2) is 0 Å². The van der Waals surface area contributed by atoms with Crippen LogP contribution in [-0.2, 0) is 10.8 Å². The van der Waals surface area contributed by atoms with Gasteiger partial charge >= 0.3 is 0 Å². The van der Waals surface area contributed by atoms with Gasteiger partial charge in [-0.05, 0) is 48.9 Å². The Morgan fingerprint density at radius 1 is 0.821 bits per heavy atom. The predicted molar refractivity (Wildman–Crippen MR) is 123 cm³/mol. The van der Waals surface area contributed by atoms with E-state index in [1.807, 2.05) is 12.1 Å². The lowest BCUT2D eigenvalue weighted by Gasteiger charge is -2.30. The molecule has 4 heteroatoms. The van der Waals surface area contributed by atoms with Gasteiger partial charge in [-0.15, -0.1) is 0 Å². The second kappa shape index (κ2) is 8.84. The highest BCUT2D eigenvalue weighted by atomic mass is 31.2. The van der Waals surface area contributed by atoms with Crippen LogP contribution in [0.15, 0.2) is 42.5 Å². The fourth-order valence-electron chi connectivity index (χ4n) is 3.34. The van der Waals surface area contributed by atoms with Gasteiger partial charge in [-0.1, -0.05) is 59.7 Å². The maximum absolute atomic E-state index is 10.9. The molecule has 0 spiro atoms. The normalized spacial score (nSPS) is 13.3. The van der Waals surface area contributed by atoms with Gasteiger partial charge in [-0.3, -0.25) is 0 Å². The van der Waals surface area contributed by atoms with Crippen molar-refractivity contribution >= 4 is 19.4 Å². The van der Waals surface area contributed by atoms with E-state index in [1.165, 1.54) is 5.69 Å². The first-order valence-corrected chi connectivity index (χ1v) is 11.4. The van der Waals surface area contributed by atoms with Crippen molar-refractivity contribution in [3.8, 4) is 5.75 Å². The summed E-state index contributed by atoms with van der Waals surface area (Å²) in [6.07, 6.45) is 0. The molecule has 3 nitrogen and oxygen atoms in total. The molecule has 0 radical (unpaired) electrons. The zero-order valence-corrected chi connectivity index (χ0v) is 19.6. The lowest BCUT2D eigenvalue weighted by molar-refractivity contribution is 0.460. The van der Waals surface area contributed by atoms with E-state index in [2.05, 4.69) is 90.6 Å². The molecule has 0 saturated heterocycles. The van der Waals surface area contributed by atoms with E-state index in [-0.39, 0.29) is 10.8 Å². The second-order valence-corrected chi connectivity index (χ2v) is 10.5. The van der Waals surface area contributed by atoms with Crippen LogP contribution in [0.3, 0.4) is 0 Å². The summed E-state index contributed by atoms with van der Waals surface area (Å²) in [5.41, 5.74) is 3.28. The van der Waals surface area contributed by atoms with E-state index < -0.39 is 8.38 Å². The van der Waals surface area contributed by atoms with Gasteiger partial charge in [-0.2, -0.15) is 0 Å². The first-order chi connectivity index (χ1) is 13.0. The minimum absolute atomic E-state index is 0.0701. The van der Waals surface area contributed by atoms with E-state index >= 15 is 0 Å². The Balaban J connectivity index is 2.39.